The molecule has 0 spiro atoms. The summed E-state index contributed by atoms with van der Waals surface area (Å²) in [6.45, 7) is 8.43. The number of rotatable bonds is 21. The van der Waals surface area contributed by atoms with E-state index in [1.165, 1.54) is 27.2 Å². The summed E-state index contributed by atoms with van der Waals surface area (Å²) in [5, 5.41) is 31.6. The van der Waals surface area contributed by atoms with E-state index in [1.807, 2.05) is 30.3 Å². The fourth-order valence-electron chi connectivity index (χ4n) is 5.51. The highest BCUT2D eigenvalue weighted by atomic mass is 16.7. The molecule has 0 amide bonds. The molecule has 1 aliphatic heterocycles. The lowest BCUT2D eigenvalue weighted by Crippen LogP contribution is -2.57. The molecule has 7 atom stereocenters. The normalized spacial score (nSPS) is 20.7. The quantitative estimate of drug-likeness (QED) is 0.0548. The van der Waals surface area contributed by atoms with Gasteiger partial charge in [-0.3, -0.25) is 9.59 Å². The van der Waals surface area contributed by atoms with Crippen molar-refractivity contribution in [1.29, 1.82) is 0 Å². The number of carbonyl (C=O) groups is 3. The molecule has 1 aromatic carbocycles. The van der Waals surface area contributed by atoms with Crippen LogP contribution in [0, 0.1) is 5.41 Å². The van der Waals surface area contributed by atoms with E-state index in [-0.39, 0.29) is 44.7 Å². The average Bonchev–Trinajstić information content (AvgIpc) is 3.10. The largest absolute Gasteiger partial charge is 0.466 e. The van der Waals surface area contributed by atoms with E-state index in [1.54, 1.807) is 39.8 Å². The van der Waals surface area contributed by atoms with Gasteiger partial charge in [0.2, 0.25) is 5.79 Å². The van der Waals surface area contributed by atoms with Crippen LogP contribution in [0.1, 0.15) is 84.8 Å². The van der Waals surface area contributed by atoms with Gasteiger partial charge in [-0.1, -0.05) is 64.1 Å². The van der Waals surface area contributed by atoms with Gasteiger partial charge in [0.15, 0.2) is 12.4 Å². The van der Waals surface area contributed by atoms with Gasteiger partial charge in [-0.25, -0.2) is 4.79 Å². The zero-order valence-electron chi connectivity index (χ0n) is 30.4. The van der Waals surface area contributed by atoms with Crippen molar-refractivity contribution in [2.75, 3.05) is 34.0 Å². The molecule has 1 aromatic rings. The smallest absolute Gasteiger partial charge is 0.330 e. The molecule has 282 valence electrons. The Morgan fingerprint density at radius 3 is 2.38 bits per heavy atom. The van der Waals surface area contributed by atoms with Crippen LogP contribution >= 0.6 is 0 Å². The highest BCUT2D eigenvalue weighted by Gasteiger charge is 2.52. The van der Waals surface area contributed by atoms with Gasteiger partial charge in [0.05, 0.1) is 45.1 Å². The van der Waals surface area contributed by atoms with Gasteiger partial charge in [-0.05, 0) is 42.9 Å². The summed E-state index contributed by atoms with van der Waals surface area (Å²) in [5.41, 5.74) is 0.0194. The maximum Gasteiger partial charge on any atom is 0.330 e. The van der Waals surface area contributed by atoms with Crippen LogP contribution in [0.4, 0.5) is 0 Å². The molecule has 1 heterocycles. The molecule has 0 aromatic heterocycles. The predicted molar refractivity (Wildman–Crippen MR) is 182 cm³/mol. The molecule has 0 aliphatic carbocycles. The minimum atomic E-state index is -2.11. The monoisotopic (exact) mass is 708 g/mol. The van der Waals surface area contributed by atoms with Gasteiger partial charge < -0.3 is 48.5 Å². The minimum Gasteiger partial charge on any atom is -0.466 e. The Balaban J connectivity index is 2.16. The Hall–Kier alpha value is -3.17. The van der Waals surface area contributed by atoms with Crippen LogP contribution in [0.15, 0.2) is 54.1 Å². The number of ether oxygens (including phenoxy) is 7. The van der Waals surface area contributed by atoms with Crippen LogP contribution < -0.4 is 0 Å². The number of benzene rings is 1. The molecule has 0 radical (unpaired) electrons. The molecule has 13 heteroatoms. The summed E-state index contributed by atoms with van der Waals surface area (Å²) in [7, 11) is 2.51. The molecule has 1 aliphatic rings. The SMILES string of the molecule is CC/C(=C\C(=O)OC)[C@H](OC(C)=O)[C@@](O)(OC)C(C)(C)/C=C/[C@H]1OCC[C@@H](C[C@H](OCC[C@@H](O)CC(=O)O[C@H](CC)CO)c2ccccc2)O1. The summed E-state index contributed by atoms with van der Waals surface area (Å²) in [5.74, 6) is -4.03. The fraction of sp³-hybridized carbons (Fsp3) is 0.649. The van der Waals surface area contributed by atoms with E-state index in [0.717, 1.165) is 5.56 Å². The van der Waals surface area contributed by atoms with E-state index >= 15 is 0 Å². The Kier molecular flexibility index (Phi) is 18.3. The van der Waals surface area contributed by atoms with Gasteiger partial charge in [0, 0.05) is 38.6 Å². The summed E-state index contributed by atoms with van der Waals surface area (Å²) >= 11 is 0. The number of carbonyl (C=O) groups excluding carboxylic acids is 3. The number of aliphatic hydroxyl groups excluding tert-OH is 2. The lowest BCUT2D eigenvalue weighted by atomic mass is 9.76. The Labute approximate surface area is 295 Å². The van der Waals surface area contributed by atoms with E-state index in [2.05, 4.69) is 0 Å². The Morgan fingerprint density at radius 1 is 1.10 bits per heavy atom. The van der Waals surface area contributed by atoms with Crippen LogP contribution in [-0.4, -0.2) is 104 Å². The number of hydrogen-bond acceptors (Lipinski definition) is 13. The summed E-state index contributed by atoms with van der Waals surface area (Å²) < 4.78 is 39.4. The second kappa shape index (κ2) is 21.3. The number of esters is 3. The van der Waals surface area contributed by atoms with Gasteiger partial charge >= 0.3 is 17.9 Å². The molecule has 1 saturated heterocycles. The molecule has 50 heavy (non-hydrogen) atoms. The van der Waals surface area contributed by atoms with Gasteiger partial charge in [-0.2, -0.15) is 0 Å². The lowest BCUT2D eigenvalue weighted by molar-refractivity contribution is -0.283. The van der Waals surface area contributed by atoms with E-state index in [4.69, 9.17) is 33.2 Å². The molecule has 2 rings (SSSR count). The first kappa shape index (κ1) is 43.0. The van der Waals surface area contributed by atoms with Crippen LogP contribution in [0.25, 0.3) is 0 Å². The van der Waals surface area contributed by atoms with E-state index in [0.29, 0.717) is 31.4 Å². The third kappa shape index (κ3) is 13.2. The minimum absolute atomic E-state index is 0.176. The standard InChI is InChI=1S/C37H56O13/c1-8-26(21-32(41)44-6)35(48-25(3)39)37(43,45-7)36(4,5)18-15-34-47-20-17-30(50-34)23-31(27-13-11-10-12-14-27)46-19-16-28(40)22-33(42)49-29(9-2)24-38/h10-15,18,21,28-31,34-35,38,40,43H,8-9,16-17,19-20,22-24H2,1-7H3/b18-15+,26-21+/t28-,29-,30+,31+,34+,35+,37-/m1/s1. The van der Waals surface area contributed by atoms with Crippen LogP contribution in [0.3, 0.4) is 0 Å². The van der Waals surface area contributed by atoms with Crippen molar-refractivity contribution in [3.63, 3.8) is 0 Å². The van der Waals surface area contributed by atoms with Crippen molar-refractivity contribution in [3.05, 3.63) is 59.7 Å². The van der Waals surface area contributed by atoms with Gasteiger partial charge in [-0.15, -0.1) is 0 Å². The third-order valence-corrected chi connectivity index (χ3v) is 8.62. The summed E-state index contributed by atoms with van der Waals surface area (Å²) in [6.07, 6.45) is 1.95. The zero-order chi connectivity index (χ0) is 37.3. The van der Waals surface area contributed by atoms with E-state index < -0.39 is 53.7 Å². The molecule has 3 N–H and O–H groups in total. The molecule has 0 unspecified atom stereocenters. The van der Waals surface area contributed by atoms with E-state index in [9.17, 15) is 29.7 Å². The van der Waals surface area contributed by atoms with Crippen molar-refractivity contribution in [3.8, 4) is 0 Å². The van der Waals surface area contributed by atoms with Gasteiger partial charge in [0.1, 0.15) is 6.10 Å². The highest BCUT2D eigenvalue weighted by Crippen LogP contribution is 2.41. The first-order valence-corrected chi connectivity index (χ1v) is 17.1. The highest BCUT2D eigenvalue weighted by molar-refractivity contribution is 5.83. The Bertz CT molecular complexity index is 1240. The van der Waals surface area contributed by atoms with Crippen LogP contribution in [0.2, 0.25) is 0 Å². The molecular formula is C37H56O13. The maximum atomic E-state index is 12.1. The first-order chi connectivity index (χ1) is 23.7. The third-order valence-electron chi connectivity index (χ3n) is 8.62. The maximum absolute atomic E-state index is 12.1. The summed E-state index contributed by atoms with van der Waals surface area (Å²) in [4.78, 5) is 36.3. The topological polar surface area (TPSA) is 177 Å². The summed E-state index contributed by atoms with van der Waals surface area (Å²) in [6, 6.07) is 9.61. The molecule has 0 bridgehead atoms. The van der Waals surface area contributed by atoms with Crippen molar-refractivity contribution < 1.29 is 62.9 Å². The van der Waals surface area contributed by atoms with Crippen molar-refractivity contribution >= 4 is 17.9 Å². The lowest BCUT2D eigenvalue weighted by Gasteiger charge is -2.44. The predicted octanol–water partition coefficient (Wildman–Crippen LogP) is 4.08. The van der Waals surface area contributed by atoms with Gasteiger partial charge in [0.25, 0.3) is 0 Å². The first-order valence-electron chi connectivity index (χ1n) is 17.1. The van der Waals surface area contributed by atoms with Crippen molar-refractivity contribution in [2.45, 2.75) is 116 Å². The molecular weight excluding hydrogens is 652 g/mol. The zero-order valence-corrected chi connectivity index (χ0v) is 30.4. The van der Waals surface area contributed by atoms with Crippen LogP contribution in [-0.2, 0) is 47.5 Å². The molecule has 13 nitrogen and oxygen atoms in total. The number of aliphatic hydroxyl groups is 3. The Morgan fingerprint density at radius 2 is 1.80 bits per heavy atom. The number of methoxy groups -OCH3 is 2. The van der Waals surface area contributed by atoms with Crippen LogP contribution in [0.5, 0.6) is 0 Å². The molecule has 0 saturated carbocycles. The second-order valence-electron chi connectivity index (χ2n) is 12.7. The fourth-order valence-corrected chi connectivity index (χ4v) is 5.51. The number of hydrogen-bond donors (Lipinski definition) is 3. The average molecular weight is 709 g/mol. The van der Waals surface area contributed by atoms with Crippen molar-refractivity contribution in [1.82, 2.24) is 0 Å². The second-order valence-corrected chi connectivity index (χ2v) is 12.7. The molecule has 1 fully saturated rings. The van der Waals surface area contributed by atoms with Crippen molar-refractivity contribution in [2.24, 2.45) is 5.41 Å².